The molecule has 3 heteroatoms. The Morgan fingerprint density at radius 1 is 1.10 bits per heavy atom. The van der Waals surface area contributed by atoms with Crippen LogP contribution in [0.5, 0.6) is 5.75 Å². The van der Waals surface area contributed by atoms with E-state index in [0.717, 1.165) is 22.2 Å². The number of fused-ring (bicyclic) bond motifs is 1. The minimum absolute atomic E-state index is 0.0625. The average Bonchev–Trinajstić information content (AvgIpc) is 2.54. The van der Waals surface area contributed by atoms with Gasteiger partial charge in [-0.05, 0) is 29.8 Å². The van der Waals surface area contributed by atoms with Crippen molar-refractivity contribution in [3.05, 3.63) is 71.9 Å². The predicted octanol–water partition coefficient (Wildman–Crippen LogP) is 3.67. The highest BCUT2D eigenvalue weighted by molar-refractivity contribution is 6.07. The zero-order valence-corrected chi connectivity index (χ0v) is 11.7. The Morgan fingerprint density at radius 2 is 1.90 bits per heavy atom. The van der Waals surface area contributed by atoms with Crippen LogP contribution in [0, 0.1) is 0 Å². The van der Waals surface area contributed by atoms with Gasteiger partial charge in [-0.3, -0.25) is 9.78 Å². The number of aromatic nitrogens is 1. The van der Waals surface area contributed by atoms with Gasteiger partial charge in [0.2, 0.25) is 0 Å². The van der Waals surface area contributed by atoms with Crippen LogP contribution in [0.3, 0.4) is 0 Å². The standard InChI is InChI=1S/C18H15NO2/c1-21-15-8-2-5-13(11-15)12-17(20)16-9-3-6-14-7-4-10-19-18(14)16/h2-11H,12H2,1H3. The van der Waals surface area contributed by atoms with Crippen molar-refractivity contribution < 1.29 is 9.53 Å². The fourth-order valence-corrected chi connectivity index (χ4v) is 2.39. The number of hydrogen-bond acceptors (Lipinski definition) is 3. The van der Waals surface area contributed by atoms with Crippen LogP contribution >= 0.6 is 0 Å². The lowest BCUT2D eigenvalue weighted by Gasteiger charge is -2.06. The molecule has 0 unspecified atom stereocenters. The number of Topliss-reactive ketones (excluding diaryl/α,β-unsaturated/α-hetero) is 1. The lowest BCUT2D eigenvalue weighted by molar-refractivity contribution is 0.0994. The summed E-state index contributed by atoms with van der Waals surface area (Å²) in [5.41, 5.74) is 2.36. The number of ketones is 1. The lowest BCUT2D eigenvalue weighted by Crippen LogP contribution is -2.05. The minimum Gasteiger partial charge on any atom is -0.497 e. The Labute approximate surface area is 123 Å². The minimum atomic E-state index is 0.0625. The first kappa shape index (κ1) is 13.3. The summed E-state index contributed by atoms with van der Waals surface area (Å²) in [4.78, 5) is 16.9. The maximum atomic E-state index is 12.5. The number of methoxy groups -OCH3 is 1. The summed E-state index contributed by atoms with van der Waals surface area (Å²) in [6.07, 6.45) is 2.05. The molecule has 0 amide bonds. The third-order valence-corrected chi connectivity index (χ3v) is 3.43. The highest BCUT2D eigenvalue weighted by Gasteiger charge is 2.11. The van der Waals surface area contributed by atoms with Crippen LogP contribution < -0.4 is 4.74 Å². The second kappa shape index (κ2) is 5.75. The Bertz CT molecular complexity index is 791. The molecule has 0 saturated heterocycles. The van der Waals surface area contributed by atoms with E-state index in [1.807, 2.05) is 54.6 Å². The fourth-order valence-electron chi connectivity index (χ4n) is 2.39. The molecule has 0 atom stereocenters. The number of hydrogen-bond donors (Lipinski definition) is 0. The van der Waals surface area contributed by atoms with Crippen molar-refractivity contribution in [2.45, 2.75) is 6.42 Å². The van der Waals surface area contributed by atoms with E-state index < -0.39 is 0 Å². The molecule has 0 aliphatic carbocycles. The maximum absolute atomic E-state index is 12.5. The smallest absolute Gasteiger partial charge is 0.169 e. The van der Waals surface area contributed by atoms with Gasteiger partial charge in [0.05, 0.1) is 12.6 Å². The van der Waals surface area contributed by atoms with Crippen LogP contribution in [-0.4, -0.2) is 17.9 Å². The molecule has 0 bridgehead atoms. The van der Waals surface area contributed by atoms with Gasteiger partial charge in [-0.25, -0.2) is 0 Å². The van der Waals surface area contributed by atoms with Gasteiger partial charge in [0.25, 0.3) is 0 Å². The van der Waals surface area contributed by atoms with Gasteiger partial charge < -0.3 is 4.74 Å². The summed E-state index contributed by atoms with van der Waals surface area (Å²) in [6.45, 7) is 0. The highest BCUT2D eigenvalue weighted by Crippen LogP contribution is 2.19. The topological polar surface area (TPSA) is 39.2 Å². The molecule has 0 fully saturated rings. The maximum Gasteiger partial charge on any atom is 0.169 e. The number of nitrogens with zero attached hydrogens (tertiary/aromatic N) is 1. The van der Waals surface area contributed by atoms with E-state index in [0.29, 0.717) is 12.0 Å². The van der Waals surface area contributed by atoms with Crippen molar-refractivity contribution in [1.29, 1.82) is 0 Å². The molecule has 0 N–H and O–H groups in total. The number of para-hydroxylation sites is 1. The molecule has 3 rings (SSSR count). The molecule has 0 aliphatic rings. The largest absolute Gasteiger partial charge is 0.497 e. The van der Waals surface area contributed by atoms with Crippen LogP contribution in [-0.2, 0) is 6.42 Å². The Kier molecular flexibility index (Phi) is 3.65. The third kappa shape index (κ3) is 2.77. The van der Waals surface area contributed by atoms with Gasteiger partial charge in [-0.2, -0.15) is 0 Å². The normalized spacial score (nSPS) is 10.5. The Hall–Kier alpha value is -2.68. The molecule has 0 radical (unpaired) electrons. The van der Waals surface area contributed by atoms with Gasteiger partial charge in [0.1, 0.15) is 5.75 Å². The van der Waals surface area contributed by atoms with Crippen LogP contribution in [0.2, 0.25) is 0 Å². The molecule has 1 aromatic heterocycles. The molecule has 21 heavy (non-hydrogen) atoms. The van der Waals surface area contributed by atoms with Gasteiger partial charge in [0.15, 0.2) is 5.78 Å². The summed E-state index contributed by atoms with van der Waals surface area (Å²) in [6, 6.07) is 17.1. The lowest BCUT2D eigenvalue weighted by atomic mass is 10.0. The van der Waals surface area contributed by atoms with Gasteiger partial charge in [-0.15, -0.1) is 0 Å². The first-order chi connectivity index (χ1) is 10.3. The summed E-state index contributed by atoms with van der Waals surface area (Å²) in [7, 11) is 1.62. The van der Waals surface area contributed by atoms with E-state index in [1.54, 1.807) is 13.3 Å². The van der Waals surface area contributed by atoms with E-state index in [9.17, 15) is 4.79 Å². The van der Waals surface area contributed by atoms with Gasteiger partial charge in [-0.1, -0.05) is 30.3 Å². The average molecular weight is 277 g/mol. The van der Waals surface area contributed by atoms with Crippen LogP contribution in [0.15, 0.2) is 60.8 Å². The van der Waals surface area contributed by atoms with E-state index in [-0.39, 0.29) is 5.78 Å². The number of ether oxygens (including phenoxy) is 1. The van der Waals surface area contributed by atoms with Crippen molar-refractivity contribution in [1.82, 2.24) is 4.98 Å². The van der Waals surface area contributed by atoms with Crippen LogP contribution in [0.1, 0.15) is 15.9 Å². The second-order valence-electron chi connectivity index (χ2n) is 4.83. The third-order valence-electron chi connectivity index (χ3n) is 3.43. The second-order valence-corrected chi connectivity index (χ2v) is 4.83. The molecule has 0 saturated carbocycles. The predicted molar refractivity (Wildman–Crippen MR) is 82.8 cm³/mol. The zero-order valence-electron chi connectivity index (χ0n) is 11.7. The van der Waals surface area contributed by atoms with Crippen molar-refractivity contribution in [3.63, 3.8) is 0 Å². The Morgan fingerprint density at radius 3 is 2.76 bits per heavy atom. The van der Waals surface area contributed by atoms with Crippen molar-refractivity contribution in [2.24, 2.45) is 0 Å². The van der Waals surface area contributed by atoms with Crippen LogP contribution in [0.4, 0.5) is 0 Å². The van der Waals surface area contributed by atoms with Crippen molar-refractivity contribution in [2.75, 3.05) is 7.11 Å². The fraction of sp³-hybridized carbons (Fsp3) is 0.111. The van der Waals surface area contributed by atoms with Crippen LogP contribution in [0.25, 0.3) is 10.9 Å². The summed E-state index contributed by atoms with van der Waals surface area (Å²) in [5.74, 6) is 0.823. The van der Waals surface area contributed by atoms with Gasteiger partial charge >= 0.3 is 0 Å². The molecule has 0 spiro atoms. The van der Waals surface area contributed by atoms with Crippen molar-refractivity contribution in [3.8, 4) is 5.75 Å². The molecule has 104 valence electrons. The number of rotatable bonds is 4. The molecular formula is C18H15NO2. The molecular weight excluding hydrogens is 262 g/mol. The first-order valence-electron chi connectivity index (χ1n) is 6.78. The molecule has 0 aliphatic heterocycles. The molecule has 3 nitrogen and oxygen atoms in total. The Balaban J connectivity index is 1.93. The quantitative estimate of drug-likeness (QED) is 0.683. The zero-order chi connectivity index (χ0) is 14.7. The summed E-state index contributed by atoms with van der Waals surface area (Å²) in [5, 5.41) is 0.981. The number of benzene rings is 2. The van der Waals surface area contributed by atoms with E-state index >= 15 is 0 Å². The number of carbonyl (C=O) groups is 1. The molecule has 1 heterocycles. The number of pyridine rings is 1. The number of carbonyl (C=O) groups excluding carboxylic acids is 1. The molecule has 2 aromatic carbocycles. The summed E-state index contributed by atoms with van der Waals surface area (Å²) < 4.78 is 5.19. The van der Waals surface area contributed by atoms with Crippen molar-refractivity contribution >= 4 is 16.7 Å². The monoisotopic (exact) mass is 277 g/mol. The van der Waals surface area contributed by atoms with Gasteiger partial charge in [0, 0.05) is 23.6 Å². The highest BCUT2D eigenvalue weighted by atomic mass is 16.5. The van der Waals surface area contributed by atoms with E-state index in [2.05, 4.69) is 4.98 Å². The van der Waals surface area contributed by atoms with E-state index in [1.165, 1.54) is 0 Å². The molecule has 3 aromatic rings. The SMILES string of the molecule is COc1cccc(CC(=O)c2cccc3cccnc23)c1. The van der Waals surface area contributed by atoms with E-state index in [4.69, 9.17) is 4.74 Å². The summed E-state index contributed by atoms with van der Waals surface area (Å²) >= 11 is 0. The first-order valence-corrected chi connectivity index (χ1v) is 6.78.